The molecular weight excluding hydrogens is 313 g/mol. The summed E-state index contributed by atoms with van der Waals surface area (Å²) in [4.78, 5) is 10.8. The Hall–Kier alpha value is -0.980. The Labute approximate surface area is 121 Å². The number of unbranched alkanes of at least 4 members (excludes halogenated alkanes) is 1. The third-order valence-corrected chi connectivity index (χ3v) is 4.25. The van der Waals surface area contributed by atoms with E-state index in [0.29, 0.717) is 6.42 Å². The monoisotopic (exact) mass is 325 g/mol. The van der Waals surface area contributed by atoms with Crippen LogP contribution in [0.25, 0.3) is 0 Å². The Balaban J connectivity index is 3.06. The molecule has 0 aliphatic heterocycles. The molecular formula is C11H13Cl2NO4S. The number of sulfonamides is 1. The first kappa shape index (κ1) is 16.1. The molecule has 2 N–H and O–H groups in total. The van der Waals surface area contributed by atoms with Gasteiger partial charge in [0.1, 0.15) is 0 Å². The van der Waals surface area contributed by atoms with E-state index in [1.165, 1.54) is 0 Å². The van der Waals surface area contributed by atoms with E-state index in [0.717, 1.165) is 18.6 Å². The van der Waals surface area contributed by atoms with Gasteiger partial charge < -0.3 is 5.11 Å². The molecule has 8 heteroatoms. The molecule has 5 nitrogen and oxygen atoms in total. The molecule has 1 aromatic rings. The van der Waals surface area contributed by atoms with Gasteiger partial charge in [0.15, 0.2) is 0 Å². The van der Waals surface area contributed by atoms with Crippen molar-refractivity contribution in [3.8, 4) is 0 Å². The molecule has 0 saturated carbocycles. The first-order valence-electron chi connectivity index (χ1n) is 5.49. The maximum absolute atomic E-state index is 11.7. The summed E-state index contributed by atoms with van der Waals surface area (Å²) in [5, 5.41) is 8.72. The van der Waals surface area contributed by atoms with Crippen molar-refractivity contribution in [2.45, 2.75) is 19.8 Å². The zero-order valence-electron chi connectivity index (χ0n) is 10.1. The van der Waals surface area contributed by atoms with E-state index in [2.05, 4.69) is 4.72 Å². The predicted molar refractivity (Wildman–Crippen MR) is 75.7 cm³/mol. The Kier molecular flexibility index (Phi) is 5.46. The highest BCUT2D eigenvalue weighted by molar-refractivity contribution is 7.92. The van der Waals surface area contributed by atoms with Gasteiger partial charge in [-0.2, -0.15) is 0 Å². The summed E-state index contributed by atoms with van der Waals surface area (Å²) in [6, 6.07) is 2.29. The number of halogens is 2. The van der Waals surface area contributed by atoms with Gasteiger partial charge in [0.05, 0.1) is 27.0 Å². The molecule has 0 unspecified atom stereocenters. The van der Waals surface area contributed by atoms with E-state index in [1.807, 2.05) is 6.92 Å². The lowest BCUT2D eigenvalue weighted by atomic mass is 10.2. The fourth-order valence-corrected chi connectivity index (χ4v) is 3.33. The van der Waals surface area contributed by atoms with Crippen LogP contribution in [0.15, 0.2) is 12.1 Å². The minimum Gasteiger partial charge on any atom is -0.478 e. The van der Waals surface area contributed by atoms with Gasteiger partial charge in [-0.25, -0.2) is 13.2 Å². The number of anilines is 1. The second kappa shape index (κ2) is 6.45. The van der Waals surface area contributed by atoms with Crippen molar-refractivity contribution in [1.82, 2.24) is 0 Å². The lowest BCUT2D eigenvalue weighted by molar-refractivity contribution is 0.0697. The molecule has 106 valence electrons. The molecule has 0 aliphatic rings. The van der Waals surface area contributed by atoms with Crippen molar-refractivity contribution < 1.29 is 18.3 Å². The minimum atomic E-state index is -3.54. The number of hydrogen-bond acceptors (Lipinski definition) is 3. The van der Waals surface area contributed by atoms with Crippen molar-refractivity contribution in [3.63, 3.8) is 0 Å². The van der Waals surface area contributed by atoms with Crippen molar-refractivity contribution in [2.24, 2.45) is 0 Å². The van der Waals surface area contributed by atoms with Crippen LogP contribution >= 0.6 is 23.2 Å². The van der Waals surface area contributed by atoms with Crippen LogP contribution in [0.5, 0.6) is 0 Å². The standard InChI is InChI=1S/C11H13Cl2NO4S/c1-2-3-4-19(17,18)14-10-8(12)5-7(11(15)16)6-9(10)13/h5-6,14H,2-4H2,1H3,(H,15,16). The quantitative estimate of drug-likeness (QED) is 0.841. The molecule has 1 aromatic carbocycles. The number of rotatable bonds is 6. The van der Waals surface area contributed by atoms with Crippen molar-refractivity contribution in [3.05, 3.63) is 27.7 Å². The summed E-state index contributed by atoms with van der Waals surface area (Å²) in [5.41, 5.74) is -0.101. The van der Waals surface area contributed by atoms with E-state index in [-0.39, 0.29) is 27.0 Å². The SMILES string of the molecule is CCCCS(=O)(=O)Nc1c(Cl)cc(C(=O)O)cc1Cl. The van der Waals surface area contributed by atoms with Crippen LogP contribution in [-0.2, 0) is 10.0 Å². The number of aromatic carboxylic acids is 1. The first-order chi connectivity index (χ1) is 8.76. The molecule has 0 heterocycles. The lowest BCUT2D eigenvalue weighted by Crippen LogP contribution is -2.17. The fourth-order valence-electron chi connectivity index (χ4n) is 1.34. The van der Waals surface area contributed by atoms with E-state index >= 15 is 0 Å². The number of carboxylic acid groups (broad SMARTS) is 1. The second-order valence-corrected chi connectivity index (χ2v) is 6.55. The highest BCUT2D eigenvalue weighted by Crippen LogP contribution is 2.32. The molecule has 0 saturated heterocycles. The molecule has 0 atom stereocenters. The third kappa shape index (κ3) is 4.56. The highest BCUT2D eigenvalue weighted by Gasteiger charge is 2.17. The summed E-state index contributed by atoms with van der Waals surface area (Å²) >= 11 is 11.7. The summed E-state index contributed by atoms with van der Waals surface area (Å²) in [7, 11) is -3.54. The second-order valence-electron chi connectivity index (χ2n) is 3.89. The van der Waals surface area contributed by atoms with Crippen LogP contribution in [0.2, 0.25) is 10.0 Å². The van der Waals surface area contributed by atoms with Gasteiger partial charge in [0, 0.05) is 0 Å². The molecule has 0 spiro atoms. The van der Waals surface area contributed by atoms with E-state index in [4.69, 9.17) is 28.3 Å². The smallest absolute Gasteiger partial charge is 0.335 e. The van der Waals surface area contributed by atoms with Gasteiger partial charge in [0.25, 0.3) is 0 Å². The molecule has 1 rings (SSSR count). The van der Waals surface area contributed by atoms with E-state index in [1.54, 1.807) is 0 Å². The summed E-state index contributed by atoms with van der Waals surface area (Å²) in [6.07, 6.45) is 1.25. The summed E-state index contributed by atoms with van der Waals surface area (Å²) < 4.78 is 25.7. The van der Waals surface area contributed by atoms with Crippen LogP contribution in [-0.4, -0.2) is 25.2 Å². The predicted octanol–water partition coefficient (Wildman–Crippen LogP) is 3.23. The number of benzene rings is 1. The molecule has 0 fully saturated rings. The van der Waals surface area contributed by atoms with Crippen molar-refractivity contribution in [2.75, 3.05) is 10.5 Å². The zero-order chi connectivity index (χ0) is 14.6. The Morgan fingerprint density at radius 3 is 2.26 bits per heavy atom. The normalized spacial score (nSPS) is 11.3. The highest BCUT2D eigenvalue weighted by atomic mass is 35.5. The van der Waals surface area contributed by atoms with Gasteiger partial charge in [-0.3, -0.25) is 4.72 Å². The van der Waals surface area contributed by atoms with Gasteiger partial charge in [-0.1, -0.05) is 36.5 Å². The van der Waals surface area contributed by atoms with Crippen LogP contribution < -0.4 is 4.72 Å². The topological polar surface area (TPSA) is 83.5 Å². The van der Waals surface area contributed by atoms with Crippen molar-refractivity contribution in [1.29, 1.82) is 0 Å². The van der Waals surface area contributed by atoms with Crippen molar-refractivity contribution >= 4 is 44.9 Å². The molecule has 0 aliphatic carbocycles. The number of carboxylic acids is 1. The van der Waals surface area contributed by atoms with Gasteiger partial charge in [-0.15, -0.1) is 0 Å². The van der Waals surface area contributed by atoms with Gasteiger partial charge in [0.2, 0.25) is 10.0 Å². The van der Waals surface area contributed by atoms with Crippen LogP contribution in [0.4, 0.5) is 5.69 Å². The summed E-state index contributed by atoms with van der Waals surface area (Å²) in [6.45, 7) is 1.87. The molecule has 0 amide bonds. The minimum absolute atomic E-state index is 0.00411. The number of hydrogen-bond donors (Lipinski definition) is 2. The van der Waals surface area contributed by atoms with Crippen LogP contribution in [0.3, 0.4) is 0 Å². The largest absolute Gasteiger partial charge is 0.478 e. The Bertz CT molecular complexity index is 563. The first-order valence-corrected chi connectivity index (χ1v) is 7.90. The number of nitrogens with one attached hydrogen (secondary N) is 1. The molecule has 0 bridgehead atoms. The zero-order valence-corrected chi connectivity index (χ0v) is 12.4. The van der Waals surface area contributed by atoms with Crippen LogP contribution in [0.1, 0.15) is 30.1 Å². The average molecular weight is 326 g/mol. The van der Waals surface area contributed by atoms with E-state index < -0.39 is 16.0 Å². The number of carbonyl (C=O) groups is 1. The fraction of sp³-hybridized carbons (Fsp3) is 0.364. The maximum atomic E-state index is 11.7. The maximum Gasteiger partial charge on any atom is 0.335 e. The molecule has 19 heavy (non-hydrogen) atoms. The molecule has 0 radical (unpaired) electrons. The molecule has 0 aromatic heterocycles. The van der Waals surface area contributed by atoms with Gasteiger partial charge >= 0.3 is 5.97 Å². The Morgan fingerprint density at radius 2 is 1.84 bits per heavy atom. The van der Waals surface area contributed by atoms with Crippen LogP contribution in [0, 0.1) is 0 Å². The third-order valence-electron chi connectivity index (χ3n) is 2.31. The Morgan fingerprint density at radius 1 is 1.32 bits per heavy atom. The lowest BCUT2D eigenvalue weighted by Gasteiger charge is -2.11. The van der Waals surface area contributed by atoms with Gasteiger partial charge in [-0.05, 0) is 18.6 Å². The van der Waals surface area contributed by atoms with E-state index in [9.17, 15) is 13.2 Å². The summed E-state index contributed by atoms with van der Waals surface area (Å²) in [5.74, 6) is -1.24. The average Bonchev–Trinajstić information content (AvgIpc) is 2.31.